The molecule has 0 saturated heterocycles. The fraction of sp³-hybridized carbons (Fsp3) is 0.286. The number of H-pyrrole nitrogens is 1. The van der Waals surface area contributed by atoms with Crippen molar-refractivity contribution in [1.82, 2.24) is 10.2 Å². The van der Waals surface area contributed by atoms with Crippen LogP contribution in [0.3, 0.4) is 0 Å². The molecule has 0 radical (unpaired) electrons. The normalized spacial score (nSPS) is 11.2. The maximum atomic E-state index is 12.5. The number of ether oxygens (including phenoxy) is 1. The van der Waals surface area contributed by atoms with E-state index < -0.39 is 16.0 Å². The summed E-state index contributed by atoms with van der Waals surface area (Å²) in [7, 11) is -3.97. The Hall–Kier alpha value is -2.35. The first kappa shape index (κ1) is 16.0. The predicted molar refractivity (Wildman–Crippen MR) is 81.2 cm³/mol. The number of carbonyl (C=O) groups is 1. The van der Waals surface area contributed by atoms with E-state index in [1.54, 1.807) is 19.1 Å². The van der Waals surface area contributed by atoms with E-state index >= 15 is 0 Å². The Balaban J connectivity index is 2.36. The third kappa shape index (κ3) is 3.28. The van der Waals surface area contributed by atoms with E-state index in [2.05, 4.69) is 14.9 Å². The van der Waals surface area contributed by atoms with E-state index in [-0.39, 0.29) is 17.2 Å². The molecule has 2 rings (SSSR count). The maximum absolute atomic E-state index is 12.5. The smallest absolute Gasteiger partial charge is 0.342 e. The highest BCUT2D eigenvalue weighted by molar-refractivity contribution is 7.92. The lowest BCUT2D eigenvalue weighted by Gasteiger charge is -2.11. The Labute approximate surface area is 128 Å². The number of aromatic amines is 1. The van der Waals surface area contributed by atoms with Crippen LogP contribution in [0, 0.1) is 0 Å². The zero-order chi connectivity index (χ0) is 16.2. The molecule has 0 fully saturated rings. The third-order valence-corrected chi connectivity index (χ3v) is 4.35. The monoisotopic (exact) mass is 323 g/mol. The van der Waals surface area contributed by atoms with Crippen molar-refractivity contribution in [2.45, 2.75) is 25.3 Å². The van der Waals surface area contributed by atoms with Gasteiger partial charge in [-0.2, -0.15) is 13.5 Å². The number of anilines is 1. The highest BCUT2D eigenvalue weighted by Gasteiger charge is 2.26. The molecule has 8 heteroatoms. The van der Waals surface area contributed by atoms with Crippen molar-refractivity contribution in [3.05, 3.63) is 41.6 Å². The molecule has 1 heterocycles. The molecule has 1 aromatic heterocycles. The number of nitrogens with one attached hydrogen (secondary N) is 2. The highest BCUT2D eigenvalue weighted by Crippen LogP contribution is 2.21. The summed E-state index contributed by atoms with van der Waals surface area (Å²) in [4.78, 5) is 11.8. The van der Waals surface area contributed by atoms with Gasteiger partial charge in [0.15, 0.2) is 5.03 Å². The quantitative estimate of drug-likeness (QED) is 0.791. The van der Waals surface area contributed by atoms with Crippen molar-refractivity contribution in [2.24, 2.45) is 0 Å². The maximum Gasteiger partial charge on any atom is 0.342 e. The number of sulfonamides is 1. The average molecular weight is 323 g/mol. The van der Waals surface area contributed by atoms with Crippen molar-refractivity contribution in [3.8, 4) is 0 Å². The molecule has 1 aromatic carbocycles. The second-order valence-corrected chi connectivity index (χ2v) is 6.07. The first-order valence-corrected chi connectivity index (χ1v) is 8.29. The number of nitrogens with zero attached hydrogens (tertiary/aromatic N) is 1. The molecule has 2 aromatic rings. The zero-order valence-electron chi connectivity index (χ0n) is 12.3. The molecular weight excluding hydrogens is 306 g/mol. The van der Waals surface area contributed by atoms with Crippen molar-refractivity contribution < 1.29 is 17.9 Å². The zero-order valence-corrected chi connectivity index (χ0v) is 13.1. The van der Waals surface area contributed by atoms with Crippen molar-refractivity contribution >= 4 is 21.7 Å². The summed E-state index contributed by atoms with van der Waals surface area (Å²) in [5.74, 6) is -0.736. The topological polar surface area (TPSA) is 101 Å². The number of hydrogen-bond acceptors (Lipinski definition) is 5. The van der Waals surface area contributed by atoms with Gasteiger partial charge in [-0.15, -0.1) is 0 Å². The number of rotatable bonds is 6. The second kappa shape index (κ2) is 6.61. The van der Waals surface area contributed by atoms with Gasteiger partial charge in [-0.25, -0.2) is 4.79 Å². The van der Waals surface area contributed by atoms with E-state index in [0.29, 0.717) is 12.1 Å². The Bertz CT molecular complexity index is 768. The van der Waals surface area contributed by atoms with E-state index in [4.69, 9.17) is 4.74 Å². The lowest BCUT2D eigenvalue weighted by Crippen LogP contribution is -2.18. The van der Waals surface area contributed by atoms with Crippen LogP contribution in [0.1, 0.15) is 29.8 Å². The first-order valence-electron chi connectivity index (χ1n) is 6.80. The Morgan fingerprint density at radius 2 is 2.05 bits per heavy atom. The largest absolute Gasteiger partial charge is 0.462 e. The van der Waals surface area contributed by atoms with Gasteiger partial charge < -0.3 is 4.74 Å². The van der Waals surface area contributed by atoms with Gasteiger partial charge in [0.25, 0.3) is 10.0 Å². The third-order valence-electron chi connectivity index (χ3n) is 3.01. The Morgan fingerprint density at radius 3 is 2.73 bits per heavy atom. The minimum absolute atomic E-state index is 0.122. The molecule has 0 atom stereocenters. The summed E-state index contributed by atoms with van der Waals surface area (Å²) in [6.07, 6.45) is 1.81. The molecule has 118 valence electrons. The minimum Gasteiger partial charge on any atom is -0.462 e. The lowest BCUT2D eigenvalue weighted by atomic mass is 10.1. The minimum atomic E-state index is -3.97. The van der Waals surface area contributed by atoms with Gasteiger partial charge in [0.05, 0.1) is 18.5 Å². The number of aryl methyl sites for hydroxylation is 1. The summed E-state index contributed by atoms with van der Waals surface area (Å²) in [6.45, 7) is 3.71. The van der Waals surface area contributed by atoms with Crippen LogP contribution in [0.2, 0.25) is 0 Å². The number of esters is 1. The molecule has 7 nitrogen and oxygen atoms in total. The molecule has 0 amide bonds. The van der Waals surface area contributed by atoms with Crippen LogP contribution >= 0.6 is 0 Å². The van der Waals surface area contributed by atoms with Crippen LogP contribution in [0.4, 0.5) is 5.69 Å². The summed E-state index contributed by atoms with van der Waals surface area (Å²) in [5.41, 5.74) is 1.20. The number of carbonyl (C=O) groups excluding carboxylic acids is 1. The van der Waals surface area contributed by atoms with Gasteiger partial charge in [-0.05, 0) is 25.0 Å². The SMILES string of the molecule is CCOC(=O)c1cn[nH]c1S(=O)(=O)Nc1ccccc1CC. The molecular formula is C14H17N3O4S. The molecule has 0 aliphatic heterocycles. The number of hydrogen-bond donors (Lipinski definition) is 2. The number of aromatic nitrogens is 2. The molecule has 0 saturated carbocycles. The van der Waals surface area contributed by atoms with E-state index in [1.165, 1.54) is 0 Å². The van der Waals surface area contributed by atoms with Crippen LogP contribution in [0.25, 0.3) is 0 Å². The summed E-state index contributed by atoms with van der Waals surface area (Å²) in [5, 5.41) is 5.66. The van der Waals surface area contributed by atoms with Crippen molar-refractivity contribution in [2.75, 3.05) is 11.3 Å². The molecule has 0 spiro atoms. The van der Waals surface area contributed by atoms with Crippen molar-refractivity contribution in [1.29, 1.82) is 0 Å². The summed E-state index contributed by atoms with van der Waals surface area (Å²) in [6, 6.07) is 7.06. The van der Waals surface area contributed by atoms with Gasteiger partial charge >= 0.3 is 5.97 Å². The highest BCUT2D eigenvalue weighted by atomic mass is 32.2. The molecule has 0 aliphatic rings. The van der Waals surface area contributed by atoms with Crippen LogP contribution in [0.15, 0.2) is 35.5 Å². The lowest BCUT2D eigenvalue weighted by molar-refractivity contribution is 0.0522. The fourth-order valence-corrected chi connectivity index (χ4v) is 3.15. The van der Waals surface area contributed by atoms with E-state index in [0.717, 1.165) is 11.8 Å². The van der Waals surface area contributed by atoms with Crippen molar-refractivity contribution in [3.63, 3.8) is 0 Å². The first-order chi connectivity index (χ1) is 10.5. The second-order valence-electron chi connectivity index (χ2n) is 4.45. The number of para-hydroxylation sites is 1. The predicted octanol–water partition coefficient (Wildman–Crippen LogP) is 1.95. The number of benzene rings is 1. The fourth-order valence-electron chi connectivity index (χ4n) is 1.96. The van der Waals surface area contributed by atoms with Gasteiger partial charge in [0.1, 0.15) is 5.56 Å². The van der Waals surface area contributed by atoms with Gasteiger partial charge in [0, 0.05) is 0 Å². The Kier molecular flexibility index (Phi) is 4.81. The molecule has 0 unspecified atom stereocenters. The van der Waals surface area contributed by atoms with Crippen LogP contribution in [-0.4, -0.2) is 31.2 Å². The molecule has 0 bridgehead atoms. The van der Waals surface area contributed by atoms with Gasteiger partial charge in [-0.1, -0.05) is 25.1 Å². The summed E-state index contributed by atoms with van der Waals surface area (Å²) >= 11 is 0. The van der Waals surface area contributed by atoms with E-state index in [9.17, 15) is 13.2 Å². The van der Waals surface area contributed by atoms with Crippen LogP contribution in [-0.2, 0) is 21.2 Å². The van der Waals surface area contributed by atoms with Crippen LogP contribution < -0.4 is 4.72 Å². The molecule has 0 aliphatic carbocycles. The van der Waals surface area contributed by atoms with E-state index in [1.807, 2.05) is 19.1 Å². The van der Waals surface area contributed by atoms with Crippen LogP contribution in [0.5, 0.6) is 0 Å². The Morgan fingerprint density at radius 1 is 1.32 bits per heavy atom. The summed E-state index contributed by atoms with van der Waals surface area (Å²) < 4.78 is 32.2. The van der Waals surface area contributed by atoms with Gasteiger partial charge in [0.2, 0.25) is 0 Å². The van der Waals surface area contributed by atoms with Gasteiger partial charge in [-0.3, -0.25) is 9.82 Å². The average Bonchev–Trinajstić information content (AvgIpc) is 2.98. The molecule has 22 heavy (non-hydrogen) atoms. The molecule has 2 N–H and O–H groups in total. The standard InChI is InChI=1S/C14H17N3O4S/c1-3-10-7-5-6-8-12(10)17-22(19,20)13-11(9-15-16-13)14(18)21-4-2/h5-9,17H,3-4H2,1-2H3,(H,15,16).